The maximum atomic E-state index is 11.5. The molecule has 0 bridgehead atoms. The largest absolute Gasteiger partial charge is 0.295 e. The number of pyridine rings is 1. The zero-order valence-corrected chi connectivity index (χ0v) is 11.7. The Labute approximate surface area is 117 Å². The van der Waals surface area contributed by atoms with Crippen LogP contribution in [0.4, 0.5) is 0 Å². The highest BCUT2D eigenvalue weighted by molar-refractivity contribution is 5.94. The Hall–Kier alpha value is -2.49. The molecule has 0 radical (unpaired) electrons. The summed E-state index contributed by atoms with van der Waals surface area (Å²) in [7, 11) is 0. The minimum Gasteiger partial charge on any atom is -0.295 e. The van der Waals surface area contributed by atoms with Crippen molar-refractivity contribution >= 4 is 16.8 Å². The first kappa shape index (κ1) is 12.5. The third kappa shape index (κ3) is 1.99. The van der Waals surface area contributed by atoms with E-state index in [9.17, 15) is 4.79 Å². The van der Waals surface area contributed by atoms with Crippen LogP contribution in [0.15, 0.2) is 36.8 Å². The monoisotopic (exact) mass is 265 g/mol. The van der Waals surface area contributed by atoms with E-state index in [2.05, 4.69) is 35.9 Å². The van der Waals surface area contributed by atoms with Gasteiger partial charge in [-0.3, -0.25) is 9.36 Å². The van der Waals surface area contributed by atoms with E-state index < -0.39 is 0 Å². The summed E-state index contributed by atoms with van der Waals surface area (Å²) in [5, 5.41) is 0. The number of aromatic nitrogens is 3. The molecule has 2 aromatic heterocycles. The van der Waals surface area contributed by atoms with Gasteiger partial charge in [-0.05, 0) is 56.2 Å². The molecule has 3 rings (SSSR count). The summed E-state index contributed by atoms with van der Waals surface area (Å²) < 4.78 is 1.91. The molecule has 0 aliphatic heterocycles. The van der Waals surface area contributed by atoms with Gasteiger partial charge in [-0.15, -0.1) is 0 Å². The van der Waals surface area contributed by atoms with Crippen LogP contribution < -0.4 is 0 Å². The number of benzene rings is 1. The van der Waals surface area contributed by atoms with Gasteiger partial charge in [-0.2, -0.15) is 0 Å². The van der Waals surface area contributed by atoms with Gasteiger partial charge in [0.15, 0.2) is 5.78 Å². The van der Waals surface area contributed by atoms with Crippen LogP contribution in [0, 0.1) is 13.8 Å². The summed E-state index contributed by atoms with van der Waals surface area (Å²) in [5.74, 6) is 0.744. The van der Waals surface area contributed by atoms with Gasteiger partial charge in [-0.25, -0.2) is 9.97 Å². The minimum absolute atomic E-state index is 0.0325. The average molecular weight is 265 g/mol. The summed E-state index contributed by atoms with van der Waals surface area (Å²) in [5.41, 5.74) is 5.01. The molecule has 0 amide bonds. The molecule has 1 aromatic carbocycles. The smallest absolute Gasteiger partial charge is 0.159 e. The van der Waals surface area contributed by atoms with Crippen molar-refractivity contribution in [3.63, 3.8) is 0 Å². The first-order valence-corrected chi connectivity index (χ1v) is 6.48. The fraction of sp³-hybridized carbons (Fsp3) is 0.188. The predicted octanol–water partition coefficient (Wildman–Crippen LogP) is 3.24. The topological polar surface area (TPSA) is 47.8 Å². The summed E-state index contributed by atoms with van der Waals surface area (Å²) in [6.07, 6.45) is 3.40. The van der Waals surface area contributed by atoms with E-state index in [0.717, 1.165) is 11.0 Å². The van der Waals surface area contributed by atoms with Crippen LogP contribution in [0.1, 0.15) is 28.4 Å². The van der Waals surface area contributed by atoms with Gasteiger partial charge in [0, 0.05) is 11.8 Å². The average Bonchev–Trinajstić information content (AvgIpc) is 2.82. The van der Waals surface area contributed by atoms with E-state index >= 15 is 0 Å². The first-order valence-electron chi connectivity index (χ1n) is 6.48. The Morgan fingerprint density at radius 2 is 1.85 bits per heavy atom. The van der Waals surface area contributed by atoms with Crippen molar-refractivity contribution in [1.82, 2.24) is 14.5 Å². The molecule has 4 nitrogen and oxygen atoms in total. The Balaban J connectivity index is 2.22. The van der Waals surface area contributed by atoms with Crippen molar-refractivity contribution in [1.29, 1.82) is 0 Å². The van der Waals surface area contributed by atoms with Gasteiger partial charge < -0.3 is 0 Å². The van der Waals surface area contributed by atoms with Crippen LogP contribution in [0.5, 0.6) is 0 Å². The molecular weight excluding hydrogens is 250 g/mol. The van der Waals surface area contributed by atoms with E-state index in [4.69, 9.17) is 0 Å². The fourth-order valence-corrected chi connectivity index (χ4v) is 2.22. The third-order valence-corrected chi connectivity index (χ3v) is 3.56. The Bertz CT molecular complexity index is 818. The lowest BCUT2D eigenvalue weighted by atomic mass is 10.1. The molecule has 100 valence electrons. The predicted molar refractivity (Wildman–Crippen MR) is 78.3 cm³/mol. The van der Waals surface area contributed by atoms with Crippen LogP contribution in [-0.4, -0.2) is 20.3 Å². The zero-order valence-electron chi connectivity index (χ0n) is 11.7. The fourth-order valence-electron chi connectivity index (χ4n) is 2.22. The maximum Gasteiger partial charge on any atom is 0.159 e. The molecule has 2 heterocycles. The molecule has 4 heteroatoms. The number of nitrogens with zero attached hydrogens (tertiary/aromatic N) is 3. The SMILES string of the molecule is CC(=O)c1ccnc(-n2cnc3cc(C)c(C)cc32)c1. The highest BCUT2D eigenvalue weighted by atomic mass is 16.1. The molecule has 0 saturated carbocycles. The third-order valence-electron chi connectivity index (χ3n) is 3.56. The standard InChI is InChI=1S/C16H15N3O/c1-10-6-14-15(7-11(10)2)19(9-18-14)16-8-13(12(3)20)4-5-17-16/h4-9H,1-3H3. The lowest BCUT2D eigenvalue weighted by molar-refractivity contribution is 0.101. The number of ketones is 1. The normalized spacial score (nSPS) is 10.9. The number of carbonyl (C=O) groups excluding carboxylic acids is 1. The molecule has 0 saturated heterocycles. The van der Waals surface area contributed by atoms with Crippen molar-refractivity contribution < 1.29 is 4.79 Å². The van der Waals surface area contributed by atoms with Gasteiger partial charge in [0.25, 0.3) is 0 Å². The van der Waals surface area contributed by atoms with E-state index in [1.807, 2.05) is 4.57 Å². The van der Waals surface area contributed by atoms with E-state index in [1.165, 1.54) is 11.1 Å². The molecule has 0 N–H and O–H groups in total. The highest BCUT2D eigenvalue weighted by Gasteiger charge is 2.09. The van der Waals surface area contributed by atoms with Gasteiger partial charge in [0.2, 0.25) is 0 Å². The number of hydrogen-bond donors (Lipinski definition) is 0. The van der Waals surface area contributed by atoms with Crippen LogP contribution in [0.25, 0.3) is 16.9 Å². The van der Waals surface area contributed by atoms with Crippen molar-refractivity contribution in [2.45, 2.75) is 20.8 Å². The molecule has 0 aliphatic carbocycles. The molecule has 0 fully saturated rings. The molecule has 20 heavy (non-hydrogen) atoms. The minimum atomic E-state index is 0.0325. The molecule has 0 atom stereocenters. The van der Waals surface area contributed by atoms with E-state index in [-0.39, 0.29) is 5.78 Å². The number of fused-ring (bicyclic) bond motifs is 1. The maximum absolute atomic E-state index is 11.5. The summed E-state index contributed by atoms with van der Waals surface area (Å²) in [6, 6.07) is 7.68. The van der Waals surface area contributed by atoms with E-state index in [0.29, 0.717) is 11.4 Å². The number of rotatable bonds is 2. The Morgan fingerprint density at radius 1 is 1.10 bits per heavy atom. The van der Waals surface area contributed by atoms with Crippen LogP contribution in [0.3, 0.4) is 0 Å². The summed E-state index contributed by atoms with van der Waals surface area (Å²) >= 11 is 0. The van der Waals surface area contributed by atoms with Crippen LogP contribution in [0.2, 0.25) is 0 Å². The number of imidazole rings is 1. The van der Waals surface area contributed by atoms with Crippen molar-refractivity contribution in [2.75, 3.05) is 0 Å². The number of carbonyl (C=O) groups is 1. The summed E-state index contributed by atoms with van der Waals surface area (Å²) in [6.45, 7) is 5.70. The second-order valence-electron chi connectivity index (χ2n) is 5.00. The lowest BCUT2D eigenvalue weighted by Gasteiger charge is -2.06. The second-order valence-corrected chi connectivity index (χ2v) is 5.00. The number of Topliss-reactive ketones (excluding diaryl/α,β-unsaturated/α-hetero) is 1. The van der Waals surface area contributed by atoms with E-state index in [1.54, 1.807) is 31.6 Å². The molecule has 0 unspecified atom stereocenters. The number of hydrogen-bond acceptors (Lipinski definition) is 3. The highest BCUT2D eigenvalue weighted by Crippen LogP contribution is 2.21. The number of aryl methyl sites for hydroxylation is 2. The summed E-state index contributed by atoms with van der Waals surface area (Å²) in [4.78, 5) is 20.2. The first-order chi connectivity index (χ1) is 9.56. The van der Waals surface area contributed by atoms with Gasteiger partial charge in [0.1, 0.15) is 12.1 Å². The van der Waals surface area contributed by atoms with Gasteiger partial charge in [0.05, 0.1) is 11.0 Å². The Morgan fingerprint density at radius 3 is 2.60 bits per heavy atom. The second kappa shape index (κ2) is 4.56. The molecular formula is C16H15N3O. The van der Waals surface area contributed by atoms with Crippen molar-refractivity contribution in [2.24, 2.45) is 0 Å². The van der Waals surface area contributed by atoms with Crippen LogP contribution in [-0.2, 0) is 0 Å². The quantitative estimate of drug-likeness (QED) is 0.668. The zero-order chi connectivity index (χ0) is 14.3. The molecule has 3 aromatic rings. The Kier molecular flexibility index (Phi) is 2.86. The van der Waals surface area contributed by atoms with Crippen LogP contribution >= 0.6 is 0 Å². The lowest BCUT2D eigenvalue weighted by Crippen LogP contribution is -2.00. The molecule has 0 aliphatic rings. The molecule has 0 spiro atoms. The van der Waals surface area contributed by atoms with Gasteiger partial charge >= 0.3 is 0 Å². The van der Waals surface area contributed by atoms with Gasteiger partial charge in [-0.1, -0.05) is 0 Å². The van der Waals surface area contributed by atoms with Crippen molar-refractivity contribution in [3.8, 4) is 5.82 Å². The van der Waals surface area contributed by atoms with Crippen molar-refractivity contribution in [3.05, 3.63) is 53.5 Å².